The number of nitrogens with one attached hydrogen (secondary N) is 2. The molecule has 0 fully saturated rings. The quantitative estimate of drug-likeness (QED) is 0.830. The minimum absolute atomic E-state index is 0.396. The van der Waals surface area contributed by atoms with Gasteiger partial charge in [-0.1, -0.05) is 49.2 Å². The highest BCUT2D eigenvalue weighted by Crippen LogP contribution is 2.25. The molecule has 2 N–H and O–H groups in total. The van der Waals surface area contributed by atoms with Crippen molar-refractivity contribution in [3.05, 3.63) is 33.8 Å². The molecule has 4 heteroatoms. The van der Waals surface area contributed by atoms with Gasteiger partial charge < -0.3 is 10.6 Å². The molecule has 0 bridgehead atoms. The monoisotopic (exact) mass is 274 g/mol. The van der Waals surface area contributed by atoms with Gasteiger partial charge in [0.15, 0.2) is 0 Å². The van der Waals surface area contributed by atoms with Crippen LogP contribution in [-0.2, 0) is 6.54 Å². The molecule has 1 atom stereocenters. The summed E-state index contributed by atoms with van der Waals surface area (Å²) in [5, 5.41) is 8.06. The number of benzene rings is 1. The van der Waals surface area contributed by atoms with Crippen molar-refractivity contribution in [2.24, 2.45) is 0 Å². The lowest BCUT2D eigenvalue weighted by Gasteiger charge is -2.17. The van der Waals surface area contributed by atoms with E-state index in [9.17, 15) is 0 Å². The van der Waals surface area contributed by atoms with Crippen LogP contribution >= 0.6 is 23.2 Å². The van der Waals surface area contributed by atoms with E-state index in [0.717, 1.165) is 18.7 Å². The third-order valence-corrected chi connectivity index (χ3v) is 3.36. The van der Waals surface area contributed by atoms with Crippen LogP contribution in [0.3, 0.4) is 0 Å². The molecule has 1 aromatic carbocycles. The zero-order chi connectivity index (χ0) is 12.8. The van der Waals surface area contributed by atoms with Gasteiger partial charge in [-0.15, -0.1) is 0 Å². The molecule has 0 aliphatic rings. The fraction of sp³-hybridized carbons (Fsp3) is 0.538. The van der Waals surface area contributed by atoms with Crippen molar-refractivity contribution in [1.82, 2.24) is 10.6 Å². The normalized spacial score (nSPS) is 13.1. The minimum Gasteiger partial charge on any atom is -0.313 e. The van der Waals surface area contributed by atoms with Crippen LogP contribution in [0.25, 0.3) is 0 Å². The lowest BCUT2D eigenvalue weighted by Crippen LogP contribution is -2.38. The summed E-state index contributed by atoms with van der Waals surface area (Å²) in [5.74, 6) is 0. The summed E-state index contributed by atoms with van der Waals surface area (Å²) in [6.45, 7) is 8.10. The van der Waals surface area contributed by atoms with Gasteiger partial charge in [-0.05, 0) is 18.6 Å². The van der Waals surface area contributed by atoms with Gasteiger partial charge in [0.1, 0.15) is 0 Å². The predicted octanol–water partition coefficient (Wildman–Crippen LogP) is 3.47. The maximum absolute atomic E-state index is 6.12. The lowest BCUT2D eigenvalue weighted by atomic mass is 10.2. The average molecular weight is 275 g/mol. The van der Waals surface area contributed by atoms with Crippen molar-refractivity contribution in [2.45, 2.75) is 39.4 Å². The first-order valence-corrected chi connectivity index (χ1v) is 6.66. The first kappa shape index (κ1) is 14.8. The SMILES string of the molecule is CC(C)NCC(C)NCc1cccc(Cl)c1Cl. The van der Waals surface area contributed by atoms with Crippen LogP contribution in [0.15, 0.2) is 18.2 Å². The number of halogens is 2. The maximum atomic E-state index is 6.12. The second-order valence-electron chi connectivity index (χ2n) is 4.56. The Morgan fingerprint density at radius 1 is 1.12 bits per heavy atom. The molecule has 0 heterocycles. The van der Waals surface area contributed by atoms with E-state index in [4.69, 9.17) is 23.2 Å². The van der Waals surface area contributed by atoms with E-state index in [2.05, 4.69) is 31.4 Å². The van der Waals surface area contributed by atoms with Gasteiger partial charge in [-0.2, -0.15) is 0 Å². The molecule has 0 spiro atoms. The lowest BCUT2D eigenvalue weighted by molar-refractivity contribution is 0.474. The van der Waals surface area contributed by atoms with Gasteiger partial charge in [-0.3, -0.25) is 0 Å². The second kappa shape index (κ2) is 7.22. The van der Waals surface area contributed by atoms with Crippen LogP contribution in [0.4, 0.5) is 0 Å². The molecule has 0 saturated carbocycles. The van der Waals surface area contributed by atoms with Gasteiger partial charge in [0.05, 0.1) is 10.0 Å². The van der Waals surface area contributed by atoms with Crippen molar-refractivity contribution in [3.63, 3.8) is 0 Å². The first-order valence-electron chi connectivity index (χ1n) is 5.90. The van der Waals surface area contributed by atoms with Crippen LogP contribution < -0.4 is 10.6 Å². The molecule has 0 aromatic heterocycles. The van der Waals surface area contributed by atoms with Crippen LogP contribution in [-0.4, -0.2) is 18.6 Å². The minimum atomic E-state index is 0.396. The van der Waals surface area contributed by atoms with Gasteiger partial charge >= 0.3 is 0 Å². The van der Waals surface area contributed by atoms with E-state index < -0.39 is 0 Å². The summed E-state index contributed by atoms with van der Waals surface area (Å²) in [4.78, 5) is 0. The average Bonchev–Trinajstić information content (AvgIpc) is 2.28. The highest BCUT2D eigenvalue weighted by atomic mass is 35.5. The largest absolute Gasteiger partial charge is 0.313 e. The number of hydrogen-bond donors (Lipinski definition) is 2. The summed E-state index contributed by atoms with van der Waals surface area (Å²) < 4.78 is 0. The third-order valence-electron chi connectivity index (χ3n) is 2.50. The van der Waals surface area contributed by atoms with Gasteiger partial charge in [0.25, 0.3) is 0 Å². The Morgan fingerprint density at radius 2 is 1.82 bits per heavy atom. The van der Waals surface area contributed by atoms with Gasteiger partial charge in [0, 0.05) is 25.2 Å². The van der Waals surface area contributed by atoms with E-state index in [1.54, 1.807) is 6.07 Å². The Balaban J connectivity index is 2.42. The molecular formula is C13H20Cl2N2. The van der Waals surface area contributed by atoms with Crippen molar-refractivity contribution in [3.8, 4) is 0 Å². The van der Waals surface area contributed by atoms with Crippen molar-refractivity contribution < 1.29 is 0 Å². The molecule has 1 rings (SSSR count). The molecule has 1 aromatic rings. The summed E-state index contributed by atoms with van der Waals surface area (Å²) >= 11 is 12.1. The molecule has 0 saturated heterocycles. The highest BCUT2D eigenvalue weighted by molar-refractivity contribution is 6.42. The van der Waals surface area contributed by atoms with Gasteiger partial charge in [-0.25, -0.2) is 0 Å². The van der Waals surface area contributed by atoms with E-state index in [1.165, 1.54) is 0 Å². The Hall–Kier alpha value is -0.280. The highest BCUT2D eigenvalue weighted by Gasteiger charge is 2.06. The molecule has 96 valence electrons. The van der Waals surface area contributed by atoms with Crippen molar-refractivity contribution >= 4 is 23.2 Å². The summed E-state index contributed by atoms with van der Waals surface area (Å²) in [7, 11) is 0. The fourth-order valence-corrected chi connectivity index (χ4v) is 1.84. The molecule has 17 heavy (non-hydrogen) atoms. The fourth-order valence-electron chi connectivity index (χ4n) is 1.45. The van der Waals surface area contributed by atoms with Crippen LogP contribution in [0.5, 0.6) is 0 Å². The van der Waals surface area contributed by atoms with E-state index in [1.807, 2.05) is 12.1 Å². The topological polar surface area (TPSA) is 24.1 Å². The zero-order valence-corrected chi connectivity index (χ0v) is 12.1. The van der Waals surface area contributed by atoms with E-state index in [0.29, 0.717) is 22.1 Å². The second-order valence-corrected chi connectivity index (χ2v) is 5.34. The maximum Gasteiger partial charge on any atom is 0.0637 e. The van der Waals surface area contributed by atoms with Crippen LogP contribution in [0.2, 0.25) is 10.0 Å². The summed E-state index contributed by atoms with van der Waals surface area (Å²) in [6, 6.07) is 6.62. The molecule has 0 aliphatic heterocycles. The Bertz CT molecular complexity index is 353. The summed E-state index contributed by atoms with van der Waals surface area (Å²) in [5.41, 5.74) is 1.04. The smallest absolute Gasteiger partial charge is 0.0637 e. The molecule has 0 aliphatic carbocycles. The zero-order valence-electron chi connectivity index (χ0n) is 10.6. The summed E-state index contributed by atoms with van der Waals surface area (Å²) in [6.07, 6.45) is 0. The molecule has 1 unspecified atom stereocenters. The van der Waals surface area contributed by atoms with Crippen LogP contribution in [0.1, 0.15) is 26.3 Å². The first-order chi connectivity index (χ1) is 8.00. The number of hydrogen-bond acceptors (Lipinski definition) is 2. The number of rotatable bonds is 6. The van der Waals surface area contributed by atoms with Crippen molar-refractivity contribution in [1.29, 1.82) is 0 Å². The Labute approximate surface area is 114 Å². The van der Waals surface area contributed by atoms with Gasteiger partial charge in [0.2, 0.25) is 0 Å². The predicted molar refractivity (Wildman–Crippen MR) is 75.9 cm³/mol. The Kier molecular flexibility index (Phi) is 6.28. The molecule has 0 amide bonds. The molecular weight excluding hydrogens is 255 g/mol. The van der Waals surface area contributed by atoms with E-state index in [-0.39, 0.29) is 0 Å². The van der Waals surface area contributed by atoms with Crippen molar-refractivity contribution in [2.75, 3.05) is 6.54 Å². The standard InChI is InChI=1S/C13H20Cl2N2/c1-9(2)16-7-10(3)17-8-11-5-4-6-12(14)13(11)15/h4-6,9-10,16-17H,7-8H2,1-3H3. The third kappa shape index (κ3) is 5.26. The molecule has 2 nitrogen and oxygen atoms in total. The molecule has 0 radical (unpaired) electrons. The van der Waals surface area contributed by atoms with E-state index >= 15 is 0 Å². The van der Waals surface area contributed by atoms with Crippen LogP contribution in [0, 0.1) is 0 Å². The Morgan fingerprint density at radius 3 is 2.47 bits per heavy atom.